The zero-order valence-corrected chi connectivity index (χ0v) is 12.3. The number of anilines is 2. The van der Waals surface area contributed by atoms with Gasteiger partial charge in [0.2, 0.25) is 11.8 Å². The number of nitrogens with one attached hydrogen (secondary N) is 2. The van der Waals surface area contributed by atoms with Crippen LogP contribution < -0.4 is 10.6 Å². The van der Waals surface area contributed by atoms with Crippen LogP contribution >= 0.6 is 0 Å². The molecule has 110 valence electrons. The highest BCUT2D eigenvalue weighted by Gasteiger charge is 2.08. The summed E-state index contributed by atoms with van der Waals surface area (Å²) in [5.74, 6) is -0.233. The van der Waals surface area contributed by atoms with Gasteiger partial charge in [0.25, 0.3) is 0 Å². The molecule has 0 aliphatic rings. The molecule has 21 heavy (non-hydrogen) atoms. The molecule has 0 radical (unpaired) electrons. The van der Waals surface area contributed by atoms with E-state index in [2.05, 4.69) is 15.7 Å². The SMILES string of the molecule is CC(=O)Nc1ccc(NC(=O)Cc2cc(C)nn2C)cc1. The van der Waals surface area contributed by atoms with Crippen LogP contribution in [0.4, 0.5) is 11.4 Å². The van der Waals surface area contributed by atoms with Gasteiger partial charge in [-0.25, -0.2) is 0 Å². The molecule has 1 aromatic heterocycles. The fraction of sp³-hybridized carbons (Fsp3) is 0.267. The molecule has 2 amide bonds. The molecule has 0 bridgehead atoms. The lowest BCUT2D eigenvalue weighted by atomic mass is 10.2. The van der Waals surface area contributed by atoms with Gasteiger partial charge in [-0.1, -0.05) is 0 Å². The number of aromatic nitrogens is 2. The molecule has 6 nitrogen and oxygen atoms in total. The third-order valence-electron chi connectivity index (χ3n) is 2.93. The molecule has 0 spiro atoms. The van der Waals surface area contributed by atoms with Gasteiger partial charge in [-0.15, -0.1) is 0 Å². The Labute approximate surface area is 123 Å². The number of amides is 2. The van der Waals surface area contributed by atoms with E-state index in [0.29, 0.717) is 11.4 Å². The second kappa shape index (κ2) is 6.21. The minimum atomic E-state index is -0.127. The molecule has 0 saturated heterocycles. The van der Waals surface area contributed by atoms with Gasteiger partial charge in [-0.05, 0) is 37.3 Å². The molecule has 0 atom stereocenters. The first-order valence-corrected chi connectivity index (χ1v) is 6.61. The topological polar surface area (TPSA) is 76.0 Å². The lowest BCUT2D eigenvalue weighted by Gasteiger charge is -2.07. The second-order valence-electron chi connectivity index (χ2n) is 4.88. The minimum Gasteiger partial charge on any atom is -0.326 e. The van der Waals surface area contributed by atoms with Crippen molar-refractivity contribution in [3.63, 3.8) is 0 Å². The minimum absolute atomic E-state index is 0.106. The molecule has 2 rings (SSSR count). The highest BCUT2D eigenvalue weighted by atomic mass is 16.2. The van der Waals surface area contributed by atoms with Gasteiger partial charge >= 0.3 is 0 Å². The van der Waals surface area contributed by atoms with E-state index in [4.69, 9.17) is 0 Å². The Morgan fingerprint density at radius 3 is 2.19 bits per heavy atom. The van der Waals surface area contributed by atoms with Crippen molar-refractivity contribution in [2.24, 2.45) is 7.05 Å². The van der Waals surface area contributed by atoms with Crippen LogP contribution in [0, 0.1) is 6.92 Å². The number of nitrogens with zero attached hydrogens (tertiary/aromatic N) is 2. The van der Waals surface area contributed by atoms with E-state index in [9.17, 15) is 9.59 Å². The van der Waals surface area contributed by atoms with Crippen molar-refractivity contribution in [1.82, 2.24) is 9.78 Å². The Bertz CT molecular complexity index is 659. The number of aryl methyl sites for hydroxylation is 2. The van der Waals surface area contributed by atoms with E-state index in [1.807, 2.05) is 20.0 Å². The number of carbonyl (C=O) groups excluding carboxylic acids is 2. The zero-order valence-electron chi connectivity index (χ0n) is 12.3. The van der Waals surface area contributed by atoms with Crippen LogP contribution in [-0.4, -0.2) is 21.6 Å². The summed E-state index contributed by atoms with van der Waals surface area (Å²) >= 11 is 0. The van der Waals surface area contributed by atoms with Gasteiger partial charge in [-0.3, -0.25) is 14.3 Å². The molecule has 6 heteroatoms. The van der Waals surface area contributed by atoms with Gasteiger partial charge in [0.1, 0.15) is 0 Å². The summed E-state index contributed by atoms with van der Waals surface area (Å²) in [5, 5.41) is 9.69. The molecule has 0 saturated carbocycles. The van der Waals surface area contributed by atoms with Gasteiger partial charge in [0.15, 0.2) is 0 Å². The Hall–Kier alpha value is -2.63. The first kappa shape index (κ1) is 14.8. The largest absolute Gasteiger partial charge is 0.326 e. The first-order valence-electron chi connectivity index (χ1n) is 6.61. The van der Waals surface area contributed by atoms with Crippen LogP contribution in [0.1, 0.15) is 18.3 Å². The predicted octanol–water partition coefficient (Wildman–Crippen LogP) is 1.87. The third-order valence-corrected chi connectivity index (χ3v) is 2.93. The smallest absolute Gasteiger partial charge is 0.230 e. The van der Waals surface area contributed by atoms with Crippen LogP contribution in [-0.2, 0) is 23.1 Å². The number of rotatable bonds is 4. The average molecular weight is 286 g/mol. The van der Waals surface area contributed by atoms with Crippen LogP contribution in [0.15, 0.2) is 30.3 Å². The van der Waals surface area contributed by atoms with Crippen molar-refractivity contribution < 1.29 is 9.59 Å². The normalized spacial score (nSPS) is 10.2. The molecule has 0 aliphatic carbocycles. The summed E-state index contributed by atoms with van der Waals surface area (Å²) in [7, 11) is 1.82. The van der Waals surface area contributed by atoms with Crippen LogP contribution in [0.5, 0.6) is 0 Å². The fourth-order valence-corrected chi connectivity index (χ4v) is 2.04. The van der Waals surface area contributed by atoms with Gasteiger partial charge in [0, 0.05) is 31.0 Å². The molecule has 1 heterocycles. The van der Waals surface area contributed by atoms with E-state index in [1.165, 1.54) is 6.92 Å². The van der Waals surface area contributed by atoms with E-state index < -0.39 is 0 Å². The molecule has 0 aliphatic heterocycles. The summed E-state index contributed by atoms with van der Waals surface area (Å²) in [4.78, 5) is 22.9. The second-order valence-corrected chi connectivity index (χ2v) is 4.88. The van der Waals surface area contributed by atoms with Crippen molar-refractivity contribution >= 4 is 23.2 Å². The molecule has 1 aromatic carbocycles. The van der Waals surface area contributed by atoms with Gasteiger partial charge < -0.3 is 10.6 Å². The number of carbonyl (C=O) groups is 2. The molecular formula is C15H18N4O2. The number of hydrogen-bond acceptors (Lipinski definition) is 3. The quantitative estimate of drug-likeness (QED) is 0.901. The van der Waals surface area contributed by atoms with Gasteiger partial charge in [0.05, 0.1) is 12.1 Å². The lowest BCUT2D eigenvalue weighted by molar-refractivity contribution is -0.116. The van der Waals surface area contributed by atoms with E-state index in [1.54, 1.807) is 28.9 Å². The first-order chi connectivity index (χ1) is 9.94. The maximum atomic E-state index is 12.0. The summed E-state index contributed by atoms with van der Waals surface area (Å²) < 4.78 is 1.70. The maximum absolute atomic E-state index is 12.0. The molecular weight excluding hydrogens is 268 g/mol. The van der Waals surface area contributed by atoms with Crippen molar-refractivity contribution in [2.75, 3.05) is 10.6 Å². The summed E-state index contributed by atoms with van der Waals surface area (Å²) in [5.41, 5.74) is 3.13. The van der Waals surface area contributed by atoms with Crippen molar-refractivity contribution in [1.29, 1.82) is 0 Å². The Balaban J connectivity index is 1.96. The van der Waals surface area contributed by atoms with Crippen LogP contribution in [0.2, 0.25) is 0 Å². The van der Waals surface area contributed by atoms with E-state index in [-0.39, 0.29) is 18.2 Å². The highest BCUT2D eigenvalue weighted by Crippen LogP contribution is 2.14. The lowest BCUT2D eigenvalue weighted by Crippen LogP contribution is -2.16. The van der Waals surface area contributed by atoms with Crippen LogP contribution in [0.25, 0.3) is 0 Å². The average Bonchev–Trinajstić information content (AvgIpc) is 2.69. The molecule has 0 unspecified atom stereocenters. The predicted molar refractivity (Wildman–Crippen MR) is 81.0 cm³/mol. The Kier molecular flexibility index (Phi) is 4.37. The number of benzene rings is 1. The highest BCUT2D eigenvalue weighted by molar-refractivity contribution is 5.93. The molecule has 2 aromatic rings. The van der Waals surface area contributed by atoms with E-state index in [0.717, 1.165) is 11.4 Å². The monoisotopic (exact) mass is 286 g/mol. The zero-order chi connectivity index (χ0) is 15.4. The number of hydrogen-bond donors (Lipinski definition) is 2. The van der Waals surface area contributed by atoms with Crippen molar-refractivity contribution in [3.8, 4) is 0 Å². The Morgan fingerprint density at radius 1 is 1.14 bits per heavy atom. The third kappa shape index (κ3) is 4.17. The summed E-state index contributed by atoms with van der Waals surface area (Å²) in [6.07, 6.45) is 0.269. The summed E-state index contributed by atoms with van der Waals surface area (Å²) in [6, 6.07) is 8.87. The van der Waals surface area contributed by atoms with E-state index >= 15 is 0 Å². The van der Waals surface area contributed by atoms with Crippen LogP contribution in [0.3, 0.4) is 0 Å². The van der Waals surface area contributed by atoms with Crippen molar-refractivity contribution in [3.05, 3.63) is 41.7 Å². The maximum Gasteiger partial charge on any atom is 0.230 e. The fourth-order valence-electron chi connectivity index (χ4n) is 2.04. The molecule has 2 N–H and O–H groups in total. The Morgan fingerprint density at radius 2 is 1.71 bits per heavy atom. The van der Waals surface area contributed by atoms with Crippen molar-refractivity contribution in [2.45, 2.75) is 20.3 Å². The standard InChI is InChI=1S/C15H18N4O2/c1-10-8-14(19(3)18-10)9-15(21)17-13-6-4-12(5-7-13)16-11(2)20/h4-8H,9H2,1-3H3,(H,16,20)(H,17,21). The molecule has 0 fully saturated rings. The van der Waals surface area contributed by atoms with Gasteiger partial charge in [-0.2, -0.15) is 5.10 Å². The summed E-state index contributed by atoms with van der Waals surface area (Å²) in [6.45, 7) is 3.34.